The molecule has 0 radical (unpaired) electrons. The molecular weight excluding hydrogens is 240 g/mol. The first-order valence-corrected chi connectivity index (χ1v) is 6.69. The quantitative estimate of drug-likeness (QED) is 0.689. The molecule has 3 N–H and O–H groups in total. The van der Waals surface area contributed by atoms with E-state index in [0.29, 0.717) is 25.3 Å². The minimum Gasteiger partial charge on any atom is -0.507 e. The van der Waals surface area contributed by atoms with E-state index in [4.69, 9.17) is 0 Å². The Morgan fingerprint density at radius 1 is 1.26 bits per heavy atom. The van der Waals surface area contributed by atoms with Crippen LogP contribution < -0.4 is 10.6 Å². The Bertz CT molecular complexity index is 419. The lowest BCUT2D eigenvalue weighted by molar-refractivity contribution is -0.121. The molecule has 1 aromatic carbocycles. The predicted octanol–water partition coefficient (Wildman–Crippen LogP) is 2.01. The smallest absolute Gasteiger partial charge is 0.221 e. The number of aromatic hydroxyl groups is 1. The molecule has 1 amide bonds. The van der Waals surface area contributed by atoms with Gasteiger partial charge in [0.1, 0.15) is 5.75 Å². The van der Waals surface area contributed by atoms with Crippen LogP contribution in [0.2, 0.25) is 0 Å². The van der Waals surface area contributed by atoms with Gasteiger partial charge in [-0.2, -0.15) is 0 Å². The largest absolute Gasteiger partial charge is 0.507 e. The van der Waals surface area contributed by atoms with E-state index in [1.807, 2.05) is 39.8 Å². The third-order valence-corrected chi connectivity index (χ3v) is 2.86. The third-order valence-electron chi connectivity index (χ3n) is 2.86. The van der Waals surface area contributed by atoms with Crippen LogP contribution >= 0.6 is 0 Å². The fraction of sp³-hybridized carbons (Fsp3) is 0.533. The normalized spacial score (nSPS) is 10.8. The van der Waals surface area contributed by atoms with Gasteiger partial charge in [0.15, 0.2) is 0 Å². The molecule has 0 fully saturated rings. The molecule has 0 heterocycles. The van der Waals surface area contributed by atoms with Crippen LogP contribution in [0, 0.1) is 13.8 Å². The first kappa shape index (κ1) is 15.5. The molecule has 19 heavy (non-hydrogen) atoms. The van der Waals surface area contributed by atoms with Gasteiger partial charge in [0, 0.05) is 25.6 Å². The summed E-state index contributed by atoms with van der Waals surface area (Å²) in [7, 11) is 0. The van der Waals surface area contributed by atoms with E-state index < -0.39 is 0 Å². The summed E-state index contributed by atoms with van der Waals surface area (Å²) in [6, 6.07) is 4.11. The van der Waals surface area contributed by atoms with Crippen LogP contribution in [0.1, 0.15) is 37.0 Å². The SMILES string of the molecule is Cc1cc(CNCCC(=O)NC(C)C)cc(C)c1O. The highest BCUT2D eigenvalue weighted by atomic mass is 16.3. The van der Waals surface area contributed by atoms with Crippen LogP contribution in [-0.4, -0.2) is 23.6 Å². The van der Waals surface area contributed by atoms with Crippen molar-refractivity contribution in [3.63, 3.8) is 0 Å². The Labute approximate surface area is 115 Å². The molecule has 0 aliphatic carbocycles. The Hall–Kier alpha value is -1.55. The van der Waals surface area contributed by atoms with E-state index >= 15 is 0 Å². The van der Waals surface area contributed by atoms with Crippen LogP contribution in [0.3, 0.4) is 0 Å². The number of phenolic OH excluding ortho intramolecular Hbond substituents is 1. The van der Waals surface area contributed by atoms with E-state index in [1.54, 1.807) is 0 Å². The number of carbonyl (C=O) groups is 1. The molecule has 0 unspecified atom stereocenters. The number of hydrogen-bond donors (Lipinski definition) is 3. The Balaban J connectivity index is 2.36. The topological polar surface area (TPSA) is 61.4 Å². The molecular formula is C15H24N2O2. The van der Waals surface area contributed by atoms with E-state index in [-0.39, 0.29) is 11.9 Å². The summed E-state index contributed by atoms with van der Waals surface area (Å²) in [5.41, 5.74) is 2.89. The zero-order valence-electron chi connectivity index (χ0n) is 12.2. The molecule has 0 aliphatic heterocycles. The first-order chi connectivity index (χ1) is 8.90. The fourth-order valence-electron chi connectivity index (χ4n) is 1.98. The van der Waals surface area contributed by atoms with E-state index in [0.717, 1.165) is 16.7 Å². The second-order valence-corrected chi connectivity index (χ2v) is 5.23. The maximum Gasteiger partial charge on any atom is 0.221 e. The van der Waals surface area contributed by atoms with Crippen molar-refractivity contribution in [3.05, 3.63) is 28.8 Å². The van der Waals surface area contributed by atoms with Gasteiger partial charge in [0.25, 0.3) is 0 Å². The minimum atomic E-state index is 0.0700. The molecule has 1 rings (SSSR count). The van der Waals surface area contributed by atoms with Gasteiger partial charge in [-0.3, -0.25) is 4.79 Å². The molecule has 4 nitrogen and oxygen atoms in total. The number of phenols is 1. The zero-order valence-corrected chi connectivity index (χ0v) is 12.2. The van der Waals surface area contributed by atoms with Gasteiger partial charge >= 0.3 is 0 Å². The van der Waals surface area contributed by atoms with Gasteiger partial charge in [-0.25, -0.2) is 0 Å². The number of carbonyl (C=O) groups excluding carboxylic acids is 1. The fourth-order valence-corrected chi connectivity index (χ4v) is 1.98. The van der Waals surface area contributed by atoms with Crippen LogP contribution in [0.25, 0.3) is 0 Å². The maximum absolute atomic E-state index is 11.4. The Kier molecular flexibility index (Phi) is 5.83. The third kappa shape index (κ3) is 5.30. The summed E-state index contributed by atoms with van der Waals surface area (Å²) in [6.45, 7) is 9.04. The molecule has 4 heteroatoms. The summed E-state index contributed by atoms with van der Waals surface area (Å²) in [4.78, 5) is 11.4. The first-order valence-electron chi connectivity index (χ1n) is 6.69. The summed E-state index contributed by atoms with van der Waals surface area (Å²) in [5, 5.41) is 15.8. The van der Waals surface area contributed by atoms with Crippen molar-refractivity contribution >= 4 is 5.91 Å². The zero-order chi connectivity index (χ0) is 14.4. The van der Waals surface area contributed by atoms with Crippen molar-refractivity contribution in [1.29, 1.82) is 0 Å². The van der Waals surface area contributed by atoms with Crippen molar-refractivity contribution < 1.29 is 9.90 Å². The van der Waals surface area contributed by atoms with Crippen LogP contribution in [-0.2, 0) is 11.3 Å². The molecule has 0 aromatic heterocycles. The van der Waals surface area contributed by atoms with Gasteiger partial charge in [-0.05, 0) is 44.4 Å². The van der Waals surface area contributed by atoms with E-state index in [9.17, 15) is 9.90 Å². The van der Waals surface area contributed by atoms with Gasteiger partial charge in [-0.1, -0.05) is 12.1 Å². The molecule has 106 valence electrons. The molecule has 0 saturated heterocycles. The predicted molar refractivity (Wildman–Crippen MR) is 77.2 cm³/mol. The maximum atomic E-state index is 11.4. The number of hydrogen-bond acceptors (Lipinski definition) is 3. The standard InChI is InChI=1S/C15H24N2O2/c1-10(2)17-14(18)5-6-16-9-13-7-11(3)15(19)12(4)8-13/h7-8,10,16,19H,5-6,9H2,1-4H3,(H,17,18). The highest BCUT2D eigenvalue weighted by Crippen LogP contribution is 2.22. The molecule has 0 atom stereocenters. The van der Waals surface area contributed by atoms with Crippen molar-refractivity contribution in [1.82, 2.24) is 10.6 Å². The number of aryl methyl sites for hydroxylation is 2. The highest BCUT2D eigenvalue weighted by molar-refractivity contribution is 5.76. The van der Waals surface area contributed by atoms with Crippen molar-refractivity contribution in [2.75, 3.05) is 6.54 Å². The van der Waals surface area contributed by atoms with E-state index in [2.05, 4.69) is 10.6 Å². The molecule has 0 saturated carbocycles. The second kappa shape index (κ2) is 7.14. The van der Waals surface area contributed by atoms with Gasteiger partial charge in [0.2, 0.25) is 5.91 Å². The molecule has 0 spiro atoms. The number of rotatable bonds is 6. The number of nitrogens with one attached hydrogen (secondary N) is 2. The minimum absolute atomic E-state index is 0.0700. The lowest BCUT2D eigenvalue weighted by Gasteiger charge is -2.10. The van der Waals surface area contributed by atoms with Gasteiger partial charge in [-0.15, -0.1) is 0 Å². The number of amides is 1. The van der Waals surface area contributed by atoms with Crippen molar-refractivity contribution in [2.24, 2.45) is 0 Å². The molecule has 1 aromatic rings. The Morgan fingerprint density at radius 2 is 1.84 bits per heavy atom. The number of benzene rings is 1. The highest BCUT2D eigenvalue weighted by Gasteiger charge is 2.04. The average molecular weight is 264 g/mol. The van der Waals surface area contributed by atoms with Crippen LogP contribution in [0.5, 0.6) is 5.75 Å². The van der Waals surface area contributed by atoms with Gasteiger partial charge in [0.05, 0.1) is 0 Å². The van der Waals surface area contributed by atoms with Gasteiger partial charge < -0.3 is 15.7 Å². The average Bonchev–Trinajstić information content (AvgIpc) is 2.30. The van der Waals surface area contributed by atoms with E-state index in [1.165, 1.54) is 0 Å². The molecule has 0 aliphatic rings. The monoisotopic (exact) mass is 264 g/mol. The summed E-state index contributed by atoms with van der Waals surface area (Å²) < 4.78 is 0. The molecule has 0 bridgehead atoms. The van der Waals surface area contributed by atoms with Crippen LogP contribution in [0.15, 0.2) is 12.1 Å². The summed E-state index contributed by atoms with van der Waals surface area (Å²) >= 11 is 0. The summed E-state index contributed by atoms with van der Waals surface area (Å²) in [5.74, 6) is 0.431. The van der Waals surface area contributed by atoms with Crippen molar-refractivity contribution in [2.45, 2.75) is 46.7 Å². The van der Waals surface area contributed by atoms with Crippen LogP contribution in [0.4, 0.5) is 0 Å². The summed E-state index contributed by atoms with van der Waals surface area (Å²) in [6.07, 6.45) is 0.480. The lowest BCUT2D eigenvalue weighted by Crippen LogP contribution is -2.32. The lowest BCUT2D eigenvalue weighted by atomic mass is 10.1. The second-order valence-electron chi connectivity index (χ2n) is 5.23. The van der Waals surface area contributed by atoms with Crippen molar-refractivity contribution in [3.8, 4) is 5.75 Å². The Morgan fingerprint density at radius 3 is 2.37 bits per heavy atom.